The van der Waals surface area contributed by atoms with E-state index in [4.69, 9.17) is 5.73 Å². The Bertz CT molecular complexity index is 638. The standard InChI is InChI=1S/C16H20F3N3O2/c1-10-4-5-11(13(23)21-9-16(17,18)19)8-12(10)22-14(24)15(20)6-2-3-7-15/h4-5,8H,2-3,6-7,9,20H2,1H3,(H,21,23)(H,22,24). The van der Waals surface area contributed by atoms with Gasteiger partial charge in [-0.2, -0.15) is 13.2 Å². The minimum Gasteiger partial charge on any atom is -0.343 e. The van der Waals surface area contributed by atoms with Crippen molar-refractivity contribution in [2.45, 2.75) is 44.3 Å². The molecule has 4 N–H and O–H groups in total. The molecule has 1 aromatic rings. The van der Waals surface area contributed by atoms with Crippen molar-refractivity contribution >= 4 is 17.5 Å². The third kappa shape index (κ3) is 4.47. The molecule has 0 saturated heterocycles. The van der Waals surface area contributed by atoms with Gasteiger partial charge in [0.1, 0.15) is 6.54 Å². The number of amides is 2. The molecule has 1 fully saturated rings. The van der Waals surface area contributed by atoms with Crippen molar-refractivity contribution in [1.29, 1.82) is 0 Å². The SMILES string of the molecule is Cc1ccc(C(=O)NCC(F)(F)F)cc1NC(=O)C1(N)CCCC1. The summed E-state index contributed by atoms with van der Waals surface area (Å²) in [5.74, 6) is -1.19. The highest BCUT2D eigenvalue weighted by atomic mass is 19.4. The third-order valence-corrected chi connectivity index (χ3v) is 4.15. The van der Waals surface area contributed by atoms with E-state index in [-0.39, 0.29) is 11.5 Å². The van der Waals surface area contributed by atoms with Gasteiger partial charge < -0.3 is 16.4 Å². The van der Waals surface area contributed by atoms with Gasteiger partial charge in [-0.1, -0.05) is 18.9 Å². The molecular formula is C16H20F3N3O2. The van der Waals surface area contributed by atoms with Gasteiger partial charge in [0.05, 0.1) is 5.54 Å². The molecule has 0 aromatic heterocycles. The van der Waals surface area contributed by atoms with Crippen molar-refractivity contribution in [3.05, 3.63) is 29.3 Å². The molecule has 1 saturated carbocycles. The monoisotopic (exact) mass is 343 g/mol. The van der Waals surface area contributed by atoms with Gasteiger partial charge in [0.2, 0.25) is 5.91 Å². The molecule has 0 spiro atoms. The molecule has 1 aliphatic rings. The van der Waals surface area contributed by atoms with Crippen LogP contribution in [0.25, 0.3) is 0 Å². The first kappa shape index (κ1) is 18.3. The zero-order valence-corrected chi connectivity index (χ0v) is 13.3. The van der Waals surface area contributed by atoms with E-state index >= 15 is 0 Å². The van der Waals surface area contributed by atoms with Gasteiger partial charge in [-0.25, -0.2) is 0 Å². The van der Waals surface area contributed by atoms with E-state index in [1.165, 1.54) is 12.1 Å². The fraction of sp³-hybridized carbons (Fsp3) is 0.500. The van der Waals surface area contributed by atoms with Crippen LogP contribution in [0.5, 0.6) is 0 Å². The molecule has 2 amide bonds. The number of nitrogens with two attached hydrogens (primary N) is 1. The van der Waals surface area contributed by atoms with Crippen LogP contribution >= 0.6 is 0 Å². The first-order valence-corrected chi connectivity index (χ1v) is 7.67. The lowest BCUT2D eigenvalue weighted by atomic mass is 9.97. The second kappa shape index (κ2) is 6.80. The topological polar surface area (TPSA) is 84.2 Å². The average molecular weight is 343 g/mol. The van der Waals surface area contributed by atoms with Crippen LogP contribution in [0.2, 0.25) is 0 Å². The van der Waals surface area contributed by atoms with Crippen LogP contribution in [0.4, 0.5) is 18.9 Å². The quantitative estimate of drug-likeness (QED) is 0.785. The van der Waals surface area contributed by atoms with Gasteiger partial charge in [-0.3, -0.25) is 9.59 Å². The number of rotatable bonds is 4. The predicted octanol–water partition coefficient (Wildman–Crippen LogP) is 2.50. The largest absolute Gasteiger partial charge is 0.405 e. The summed E-state index contributed by atoms with van der Waals surface area (Å²) >= 11 is 0. The Morgan fingerprint density at radius 3 is 2.46 bits per heavy atom. The van der Waals surface area contributed by atoms with Crippen LogP contribution in [-0.4, -0.2) is 30.1 Å². The number of alkyl halides is 3. The highest BCUT2D eigenvalue weighted by Crippen LogP contribution is 2.29. The third-order valence-electron chi connectivity index (χ3n) is 4.15. The van der Waals surface area contributed by atoms with Crippen molar-refractivity contribution < 1.29 is 22.8 Å². The van der Waals surface area contributed by atoms with E-state index in [0.29, 0.717) is 24.1 Å². The average Bonchev–Trinajstić information content (AvgIpc) is 2.94. The van der Waals surface area contributed by atoms with E-state index in [1.54, 1.807) is 18.3 Å². The zero-order valence-electron chi connectivity index (χ0n) is 13.3. The second-order valence-corrected chi connectivity index (χ2v) is 6.14. The lowest BCUT2D eigenvalue weighted by Gasteiger charge is -2.23. The summed E-state index contributed by atoms with van der Waals surface area (Å²) in [6.07, 6.45) is -1.55. The molecule has 0 atom stereocenters. The summed E-state index contributed by atoms with van der Waals surface area (Å²) < 4.78 is 36.5. The number of nitrogens with one attached hydrogen (secondary N) is 2. The second-order valence-electron chi connectivity index (χ2n) is 6.14. The molecule has 1 aromatic carbocycles. The number of benzene rings is 1. The maximum absolute atomic E-state index is 12.3. The van der Waals surface area contributed by atoms with Crippen LogP contribution in [0.15, 0.2) is 18.2 Å². The molecule has 0 bridgehead atoms. The van der Waals surface area contributed by atoms with Crippen molar-refractivity contribution in [2.24, 2.45) is 5.73 Å². The summed E-state index contributed by atoms with van der Waals surface area (Å²) in [7, 11) is 0. The highest BCUT2D eigenvalue weighted by Gasteiger charge is 2.37. The Morgan fingerprint density at radius 1 is 1.25 bits per heavy atom. The lowest BCUT2D eigenvalue weighted by Crippen LogP contribution is -2.48. The lowest BCUT2D eigenvalue weighted by molar-refractivity contribution is -0.123. The summed E-state index contributed by atoms with van der Waals surface area (Å²) in [6, 6.07) is 4.33. The molecule has 0 unspecified atom stereocenters. The van der Waals surface area contributed by atoms with Crippen molar-refractivity contribution in [2.75, 3.05) is 11.9 Å². The molecule has 0 heterocycles. The molecule has 132 valence electrons. The van der Waals surface area contributed by atoms with Gasteiger partial charge in [0.15, 0.2) is 0 Å². The zero-order chi connectivity index (χ0) is 18.0. The van der Waals surface area contributed by atoms with E-state index in [1.807, 2.05) is 0 Å². The van der Waals surface area contributed by atoms with Crippen LogP contribution in [-0.2, 0) is 4.79 Å². The van der Waals surface area contributed by atoms with Gasteiger partial charge in [-0.15, -0.1) is 0 Å². The number of carbonyl (C=O) groups is 2. The predicted molar refractivity (Wildman–Crippen MR) is 83.6 cm³/mol. The smallest absolute Gasteiger partial charge is 0.343 e. The molecule has 2 rings (SSSR count). The molecule has 0 radical (unpaired) electrons. The number of carbonyl (C=O) groups excluding carboxylic acids is 2. The molecule has 5 nitrogen and oxygen atoms in total. The summed E-state index contributed by atoms with van der Waals surface area (Å²) in [5, 5.41) is 4.49. The Kier molecular flexibility index (Phi) is 5.17. The summed E-state index contributed by atoms with van der Waals surface area (Å²) in [6.45, 7) is 0.318. The molecule has 0 aliphatic heterocycles. The van der Waals surface area contributed by atoms with Crippen LogP contribution < -0.4 is 16.4 Å². The first-order chi connectivity index (χ1) is 11.1. The fourth-order valence-corrected chi connectivity index (χ4v) is 2.66. The van der Waals surface area contributed by atoms with E-state index < -0.39 is 24.2 Å². The minimum atomic E-state index is -4.48. The summed E-state index contributed by atoms with van der Waals surface area (Å²) in [5.41, 5.74) is 6.25. The van der Waals surface area contributed by atoms with Crippen molar-refractivity contribution in [1.82, 2.24) is 5.32 Å². The fourth-order valence-electron chi connectivity index (χ4n) is 2.66. The van der Waals surface area contributed by atoms with Gasteiger partial charge >= 0.3 is 6.18 Å². The normalized spacial score (nSPS) is 16.7. The van der Waals surface area contributed by atoms with E-state index in [2.05, 4.69) is 5.32 Å². The molecule has 8 heteroatoms. The van der Waals surface area contributed by atoms with Crippen molar-refractivity contribution in [3.8, 4) is 0 Å². The summed E-state index contributed by atoms with van der Waals surface area (Å²) in [4.78, 5) is 24.2. The van der Waals surface area contributed by atoms with E-state index in [9.17, 15) is 22.8 Å². The first-order valence-electron chi connectivity index (χ1n) is 7.67. The maximum atomic E-state index is 12.3. The Balaban J connectivity index is 2.11. The highest BCUT2D eigenvalue weighted by molar-refractivity contribution is 6.01. The minimum absolute atomic E-state index is 0.0395. The number of aryl methyl sites for hydroxylation is 1. The number of halogens is 3. The molecule has 1 aliphatic carbocycles. The molecule has 24 heavy (non-hydrogen) atoms. The van der Waals surface area contributed by atoms with Crippen LogP contribution in [0.1, 0.15) is 41.6 Å². The Morgan fingerprint density at radius 2 is 1.88 bits per heavy atom. The number of hydrogen-bond acceptors (Lipinski definition) is 3. The van der Waals surface area contributed by atoms with Crippen molar-refractivity contribution in [3.63, 3.8) is 0 Å². The number of anilines is 1. The Hall–Kier alpha value is -2.09. The maximum Gasteiger partial charge on any atom is 0.405 e. The van der Waals surface area contributed by atoms with Gasteiger partial charge in [-0.05, 0) is 37.5 Å². The van der Waals surface area contributed by atoms with Crippen LogP contribution in [0, 0.1) is 6.92 Å². The molecular weight excluding hydrogens is 323 g/mol. The van der Waals surface area contributed by atoms with E-state index in [0.717, 1.165) is 12.8 Å². The number of hydrogen-bond donors (Lipinski definition) is 3. The van der Waals surface area contributed by atoms with Gasteiger partial charge in [0, 0.05) is 11.3 Å². The Labute approximate surface area is 137 Å². The van der Waals surface area contributed by atoms with Crippen LogP contribution in [0.3, 0.4) is 0 Å². The van der Waals surface area contributed by atoms with Gasteiger partial charge in [0.25, 0.3) is 5.91 Å².